The lowest BCUT2D eigenvalue weighted by atomic mass is 10.1. The van der Waals surface area contributed by atoms with E-state index in [1.54, 1.807) is 0 Å². The number of hydrogen-bond donors (Lipinski definition) is 1. The van der Waals surface area contributed by atoms with Crippen LogP contribution in [0.15, 0.2) is 47.4 Å². The van der Waals surface area contributed by atoms with E-state index >= 15 is 0 Å². The summed E-state index contributed by atoms with van der Waals surface area (Å²) in [5.41, 5.74) is 10.9. The van der Waals surface area contributed by atoms with Crippen LogP contribution in [0.25, 0.3) is 0 Å². The molecule has 2 rings (SSSR count). The summed E-state index contributed by atoms with van der Waals surface area (Å²) in [4.78, 5) is 1.34. The molecule has 0 heterocycles. The SMILES string of the molecule is Cc1cccc(CSc2ccc(CN)cc2C)c1. The van der Waals surface area contributed by atoms with Crippen LogP contribution in [0.3, 0.4) is 0 Å². The van der Waals surface area contributed by atoms with Gasteiger partial charge in [0.1, 0.15) is 0 Å². The van der Waals surface area contributed by atoms with Crippen molar-refractivity contribution < 1.29 is 0 Å². The second-order valence-corrected chi connectivity index (χ2v) is 5.60. The minimum atomic E-state index is 0.615. The van der Waals surface area contributed by atoms with Crippen LogP contribution in [0.5, 0.6) is 0 Å². The van der Waals surface area contributed by atoms with Crippen LogP contribution in [0.1, 0.15) is 22.3 Å². The van der Waals surface area contributed by atoms with Crippen LogP contribution in [0, 0.1) is 13.8 Å². The van der Waals surface area contributed by atoms with Crippen molar-refractivity contribution in [1.29, 1.82) is 0 Å². The van der Waals surface area contributed by atoms with Gasteiger partial charge in [-0.25, -0.2) is 0 Å². The molecule has 0 radical (unpaired) electrons. The minimum Gasteiger partial charge on any atom is -0.326 e. The zero-order valence-corrected chi connectivity index (χ0v) is 11.8. The van der Waals surface area contributed by atoms with Gasteiger partial charge in [-0.15, -0.1) is 11.8 Å². The zero-order chi connectivity index (χ0) is 13.0. The Morgan fingerprint density at radius 3 is 2.50 bits per heavy atom. The Hall–Kier alpha value is -1.25. The monoisotopic (exact) mass is 257 g/mol. The Kier molecular flexibility index (Phi) is 4.45. The third-order valence-electron chi connectivity index (χ3n) is 2.95. The first-order chi connectivity index (χ1) is 8.69. The molecule has 2 heteroatoms. The first-order valence-electron chi connectivity index (χ1n) is 6.17. The van der Waals surface area contributed by atoms with Gasteiger partial charge in [-0.1, -0.05) is 42.0 Å². The maximum atomic E-state index is 5.64. The smallest absolute Gasteiger partial charge is 0.0232 e. The molecule has 0 amide bonds. The van der Waals surface area contributed by atoms with Crippen LogP contribution in [0.4, 0.5) is 0 Å². The quantitative estimate of drug-likeness (QED) is 0.836. The summed E-state index contributed by atoms with van der Waals surface area (Å²) in [5.74, 6) is 1.02. The van der Waals surface area contributed by atoms with E-state index in [-0.39, 0.29) is 0 Å². The van der Waals surface area contributed by atoms with Crippen molar-refractivity contribution in [2.75, 3.05) is 0 Å². The van der Waals surface area contributed by atoms with Crippen molar-refractivity contribution in [3.8, 4) is 0 Å². The Bertz CT molecular complexity index is 534. The molecule has 18 heavy (non-hydrogen) atoms. The highest BCUT2D eigenvalue weighted by Gasteiger charge is 2.01. The van der Waals surface area contributed by atoms with Gasteiger partial charge in [0.15, 0.2) is 0 Å². The Labute approximate surface area is 113 Å². The Morgan fingerprint density at radius 1 is 1.00 bits per heavy atom. The average Bonchev–Trinajstić information content (AvgIpc) is 2.37. The highest BCUT2D eigenvalue weighted by molar-refractivity contribution is 7.98. The lowest BCUT2D eigenvalue weighted by Gasteiger charge is -2.08. The average molecular weight is 257 g/mol. The first kappa shape index (κ1) is 13.2. The summed E-state index contributed by atoms with van der Waals surface area (Å²) in [6.07, 6.45) is 0. The fourth-order valence-electron chi connectivity index (χ4n) is 1.96. The van der Waals surface area contributed by atoms with E-state index in [4.69, 9.17) is 5.73 Å². The van der Waals surface area contributed by atoms with Crippen molar-refractivity contribution >= 4 is 11.8 Å². The summed E-state index contributed by atoms with van der Waals surface area (Å²) in [6, 6.07) is 15.2. The number of aryl methyl sites for hydroxylation is 2. The van der Waals surface area contributed by atoms with Gasteiger partial charge in [0.2, 0.25) is 0 Å². The van der Waals surface area contributed by atoms with E-state index < -0.39 is 0 Å². The van der Waals surface area contributed by atoms with Crippen molar-refractivity contribution in [2.24, 2.45) is 5.73 Å². The second kappa shape index (κ2) is 6.07. The fourth-order valence-corrected chi connectivity index (χ4v) is 2.92. The fraction of sp³-hybridized carbons (Fsp3) is 0.250. The minimum absolute atomic E-state index is 0.615. The standard InChI is InChI=1S/C16H19NS/c1-12-4-3-5-15(8-12)11-18-16-7-6-14(10-17)9-13(16)2/h3-9H,10-11,17H2,1-2H3. The molecule has 0 fully saturated rings. The number of nitrogens with two attached hydrogens (primary N) is 1. The summed E-state index contributed by atoms with van der Waals surface area (Å²) >= 11 is 1.89. The van der Waals surface area contributed by atoms with Crippen LogP contribution >= 0.6 is 11.8 Å². The molecule has 0 bridgehead atoms. The maximum absolute atomic E-state index is 5.64. The van der Waals surface area contributed by atoms with Gasteiger partial charge in [0.25, 0.3) is 0 Å². The van der Waals surface area contributed by atoms with Crippen molar-refractivity contribution in [3.63, 3.8) is 0 Å². The van der Waals surface area contributed by atoms with E-state index in [2.05, 4.69) is 56.3 Å². The van der Waals surface area contributed by atoms with E-state index in [1.807, 2.05) is 11.8 Å². The molecular weight excluding hydrogens is 238 g/mol. The van der Waals surface area contributed by atoms with Crippen molar-refractivity contribution in [3.05, 3.63) is 64.7 Å². The molecule has 0 spiro atoms. The van der Waals surface area contributed by atoms with Gasteiger partial charge in [-0.3, -0.25) is 0 Å². The molecule has 2 aromatic carbocycles. The second-order valence-electron chi connectivity index (χ2n) is 4.58. The van der Waals surface area contributed by atoms with E-state index in [1.165, 1.54) is 27.1 Å². The molecular formula is C16H19NS. The third kappa shape index (κ3) is 3.37. The molecule has 0 saturated heterocycles. The first-order valence-corrected chi connectivity index (χ1v) is 7.15. The molecule has 2 aromatic rings. The summed E-state index contributed by atoms with van der Waals surface area (Å²) in [6.45, 7) is 4.90. The molecule has 0 aliphatic heterocycles. The van der Waals surface area contributed by atoms with Gasteiger partial charge >= 0.3 is 0 Å². The van der Waals surface area contributed by atoms with Crippen LogP contribution in [-0.4, -0.2) is 0 Å². The summed E-state index contributed by atoms with van der Waals surface area (Å²) in [5, 5.41) is 0. The largest absolute Gasteiger partial charge is 0.326 e. The molecule has 1 nitrogen and oxygen atoms in total. The topological polar surface area (TPSA) is 26.0 Å². The van der Waals surface area contributed by atoms with Gasteiger partial charge in [-0.05, 0) is 36.6 Å². The molecule has 94 valence electrons. The van der Waals surface area contributed by atoms with E-state index in [0.717, 1.165) is 5.75 Å². The van der Waals surface area contributed by atoms with Gasteiger partial charge in [0.05, 0.1) is 0 Å². The van der Waals surface area contributed by atoms with Crippen molar-refractivity contribution in [2.45, 2.75) is 31.0 Å². The van der Waals surface area contributed by atoms with Crippen LogP contribution in [-0.2, 0) is 12.3 Å². The highest BCUT2D eigenvalue weighted by Crippen LogP contribution is 2.26. The lowest BCUT2D eigenvalue weighted by molar-refractivity contribution is 1.05. The van der Waals surface area contributed by atoms with Gasteiger partial charge in [-0.2, -0.15) is 0 Å². The predicted octanol–water partition coefficient (Wildman–Crippen LogP) is 4.05. The van der Waals surface area contributed by atoms with Gasteiger partial charge in [0, 0.05) is 17.2 Å². The predicted molar refractivity (Wildman–Crippen MR) is 79.8 cm³/mol. The number of benzene rings is 2. The maximum Gasteiger partial charge on any atom is 0.0232 e. The van der Waals surface area contributed by atoms with Crippen LogP contribution in [0.2, 0.25) is 0 Å². The van der Waals surface area contributed by atoms with Crippen molar-refractivity contribution in [1.82, 2.24) is 0 Å². The molecule has 0 aromatic heterocycles. The molecule has 0 aliphatic carbocycles. The van der Waals surface area contributed by atoms with E-state index in [9.17, 15) is 0 Å². The summed E-state index contributed by atoms with van der Waals surface area (Å²) < 4.78 is 0. The number of hydrogen-bond acceptors (Lipinski definition) is 2. The Morgan fingerprint density at radius 2 is 1.83 bits per heavy atom. The van der Waals surface area contributed by atoms with Gasteiger partial charge < -0.3 is 5.73 Å². The number of thioether (sulfide) groups is 1. The molecule has 0 aliphatic rings. The summed E-state index contributed by atoms with van der Waals surface area (Å²) in [7, 11) is 0. The third-order valence-corrected chi connectivity index (χ3v) is 4.20. The molecule has 0 atom stereocenters. The molecule has 2 N–H and O–H groups in total. The zero-order valence-electron chi connectivity index (χ0n) is 10.9. The number of rotatable bonds is 4. The highest BCUT2D eigenvalue weighted by atomic mass is 32.2. The normalized spacial score (nSPS) is 10.6. The molecule has 0 unspecified atom stereocenters. The Balaban J connectivity index is 2.06. The van der Waals surface area contributed by atoms with E-state index in [0.29, 0.717) is 6.54 Å². The van der Waals surface area contributed by atoms with Crippen LogP contribution < -0.4 is 5.73 Å². The lowest BCUT2D eigenvalue weighted by Crippen LogP contribution is -1.96. The molecule has 0 saturated carbocycles.